The van der Waals surface area contributed by atoms with Crippen molar-refractivity contribution in [2.75, 3.05) is 19.7 Å². The van der Waals surface area contributed by atoms with E-state index in [1.165, 1.54) is 12.5 Å². The van der Waals surface area contributed by atoms with E-state index in [0.717, 1.165) is 0 Å². The van der Waals surface area contributed by atoms with Crippen molar-refractivity contribution in [2.45, 2.75) is 25.6 Å². The fourth-order valence-electron chi connectivity index (χ4n) is 2.11. The number of aliphatic hydroxyl groups excluding tert-OH is 1. The first-order valence-corrected chi connectivity index (χ1v) is 5.62. The summed E-state index contributed by atoms with van der Waals surface area (Å²) in [6.45, 7) is 4.64. The highest BCUT2D eigenvalue weighted by molar-refractivity contribution is 5.93. The number of hydrogen-bond donors (Lipinski definition) is 1. The van der Waals surface area contributed by atoms with Gasteiger partial charge in [-0.1, -0.05) is 0 Å². The van der Waals surface area contributed by atoms with Crippen LogP contribution in [0.2, 0.25) is 0 Å². The summed E-state index contributed by atoms with van der Waals surface area (Å²) in [7, 11) is 0. The summed E-state index contributed by atoms with van der Waals surface area (Å²) in [5.74, 6) is -0.0893. The molecule has 1 fully saturated rings. The van der Waals surface area contributed by atoms with E-state index in [9.17, 15) is 9.90 Å². The quantitative estimate of drug-likeness (QED) is 0.832. The molecule has 2 rings (SSSR count). The third-order valence-electron chi connectivity index (χ3n) is 2.74. The Morgan fingerprint density at radius 2 is 2.41 bits per heavy atom. The third kappa shape index (κ3) is 2.68. The van der Waals surface area contributed by atoms with Gasteiger partial charge in [-0.3, -0.25) is 4.79 Å². The molecule has 1 aromatic rings. The van der Waals surface area contributed by atoms with Gasteiger partial charge in [-0.25, -0.2) is 0 Å². The molecule has 0 aromatic carbocycles. The number of hydrogen-bond acceptors (Lipinski definition) is 4. The first-order valence-electron chi connectivity index (χ1n) is 5.62. The van der Waals surface area contributed by atoms with Crippen molar-refractivity contribution < 1.29 is 19.1 Å². The van der Waals surface area contributed by atoms with Crippen molar-refractivity contribution in [1.82, 2.24) is 4.90 Å². The SMILES string of the molecule is CC1(C)CN(C(=O)c2ccoc2)CC(CO)O1. The van der Waals surface area contributed by atoms with E-state index < -0.39 is 5.60 Å². The highest BCUT2D eigenvalue weighted by Gasteiger charge is 2.35. The number of nitrogens with zero attached hydrogens (tertiary/aromatic N) is 1. The van der Waals surface area contributed by atoms with Crippen molar-refractivity contribution in [3.8, 4) is 0 Å². The van der Waals surface area contributed by atoms with Gasteiger partial charge in [-0.05, 0) is 19.9 Å². The maximum absolute atomic E-state index is 12.1. The molecule has 17 heavy (non-hydrogen) atoms. The molecule has 1 aromatic heterocycles. The minimum Gasteiger partial charge on any atom is -0.472 e. The molecular formula is C12H17NO4. The van der Waals surface area contributed by atoms with Crippen LogP contribution in [-0.4, -0.2) is 47.3 Å². The number of carbonyl (C=O) groups excluding carboxylic acids is 1. The Morgan fingerprint density at radius 3 is 3.00 bits per heavy atom. The summed E-state index contributed by atoms with van der Waals surface area (Å²) in [6.07, 6.45) is 2.58. The average Bonchev–Trinajstić information content (AvgIpc) is 2.79. The van der Waals surface area contributed by atoms with Crippen LogP contribution in [0.4, 0.5) is 0 Å². The largest absolute Gasteiger partial charge is 0.472 e. The lowest BCUT2D eigenvalue weighted by molar-refractivity contribution is -0.139. The zero-order valence-electron chi connectivity index (χ0n) is 10.0. The van der Waals surface area contributed by atoms with Gasteiger partial charge >= 0.3 is 0 Å². The summed E-state index contributed by atoms with van der Waals surface area (Å²) in [5.41, 5.74) is 0.0878. The van der Waals surface area contributed by atoms with Crippen LogP contribution in [0.5, 0.6) is 0 Å². The maximum atomic E-state index is 12.1. The molecule has 1 saturated heterocycles. The summed E-state index contributed by atoms with van der Waals surface area (Å²) >= 11 is 0. The second-order valence-electron chi connectivity index (χ2n) is 4.88. The number of aliphatic hydroxyl groups is 1. The highest BCUT2D eigenvalue weighted by atomic mass is 16.5. The first-order chi connectivity index (χ1) is 8.02. The van der Waals surface area contributed by atoms with E-state index >= 15 is 0 Å². The average molecular weight is 239 g/mol. The van der Waals surface area contributed by atoms with Crippen LogP contribution in [0.1, 0.15) is 24.2 Å². The molecule has 94 valence electrons. The monoisotopic (exact) mass is 239 g/mol. The fraction of sp³-hybridized carbons (Fsp3) is 0.583. The number of furan rings is 1. The lowest BCUT2D eigenvalue weighted by Gasteiger charge is -2.42. The van der Waals surface area contributed by atoms with Gasteiger partial charge in [-0.15, -0.1) is 0 Å². The zero-order chi connectivity index (χ0) is 12.5. The van der Waals surface area contributed by atoms with Crippen LogP contribution in [0.15, 0.2) is 23.0 Å². The fourth-order valence-corrected chi connectivity index (χ4v) is 2.11. The van der Waals surface area contributed by atoms with Gasteiger partial charge < -0.3 is 19.2 Å². The summed E-state index contributed by atoms with van der Waals surface area (Å²) in [6, 6.07) is 1.64. The molecule has 1 N–H and O–H groups in total. The van der Waals surface area contributed by atoms with E-state index in [1.54, 1.807) is 11.0 Å². The molecular weight excluding hydrogens is 222 g/mol. The van der Waals surface area contributed by atoms with Crippen LogP contribution in [0.3, 0.4) is 0 Å². The lowest BCUT2D eigenvalue weighted by Crippen LogP contribution is -2.55. The Labute approximate surface area is 100.0 Å². The lowest BCUT2D eigenvalue weighted by atomic mass is 10.0. The van der Waals surface area contributed by atoms with E-state index in [4.69, 9.17) is 9.15 Å². The Morgan fingerprint density at radius 1 is 1.65 bits per heavy atom. The molecule has 0 saturated carbocycles. The van der Waals surface area contributed by atoms with Gasteiger partial charge in [0.05, 0.1) is 30.1 Å². The molecule has 0 aliphatic carbocycles. The molecule has 1 unspecified atom stereocenters. The number of rotatable bonds is 2. The molecule has 1 aliphatic heterocycles. The number of amides is 1. The maximum Gasteiger partial charge on any atom is 0.257 e. The van der Waals surface area contributed by atoms with Crippen LogP contribution in [0, 0.1) is 0 Å². The molecule has 2 heterocycles. The van der Waals surface area contributed by atoms with Crippen molar-refractivity contribution in [3.05, 3.63) is 24.2 Å². The highest BCUT2D eigenvalue weighted by Crippen LogP contribution is 2.22. The molecule has 1 amide bonds. The van der Waals surface area contributed by atoms with Crippen LogP contribution in [-0.2, 0) is 4.74 Å². The number of morpholine rings is 1. The zero-order valence-corrected chi connectivity index (χ0v) is 10.0. The van der Waals surface area contributed by atoms with Gasteiger partial charge in [0.2, 0.25) is 0 Å². The minimum atomic E-state index is -0.439. The molecule has 1 aliphatic rings. The normalized spacial score (nSPS) is 23.7. The van der Waals surface area contributed by atoms with Gasteiger partial charge in [0, 0.05) is 13.1 Å². The van der Waals surface area contributed by atoms with Crippen LogP contribution in [0.25, 0.3) is 0 Å². The van der Waals surface area contributed by atoms with Gasteiger partial charge in [0.15, 0.2) is 0 Å². The van der Waals surface area contributed by atoms with Crippen molar-refractivity contribution in [1.29, 1.82) is 0 Å². The van der Waals surface area contributed by atoms with E-state index in [1.807, 2.05) is 13.8 Å². The summed E-state index contributed by atoms with van der Waals surface area (Å²) in [5, 5.41) is 9.17. The molecule has 5 nitrogen and oxygen atoms in total. The first kappa shape index (κ1) is 12.1. The number of carbonyl (C=O) groups is 1. The Kier molecular flexibility index (Phi) is 3.22. The topological polar surface area (TPSA) is 62.9 Å². The molecule has 5 heteroatoms. The van der Waals surface area contributed by atoms with Gasteiger partial charge in [-0.2, -0.15) is 0 Å². The molecule has 0 radical (unpaired) electrons. The third-order valence-corrected chi connectivity index (χ3v) is 2.74. The standard InChI is InChI=1S/C12H17NO4/c1-12(2)8-13(5-10(6-14)17-12)11(15)9-3-4-16-7-9/h3-4,7,10,14H,5-6,8H2,1-2H3. The second-order valence-corrected chi connectivity index (χ2v) is 4.88. The molecule has 0 bridgehead atoms. The minimum absolute atomic E-state index is 0.0847. The van der Waals surface area contributed by atoms with E-state index in [-0.39, 0.29) is 18.6 Å². The second kappa shape index (κ2) is 4.50. The van der Waals surface area contributed by atoms with Crippen molar-refractivity contribution in [2.24, 2.45) is 0 Å². The van der Waals surface area contributed by atoms with Gasteiger partial charge in [0.25, 0.3) is 5.91 Å². The Balaban J connectivity index is 2.12. The van der Waals surface area contributed by atoms with E-state index in [0.29, 0.717) is 18.7 Å². The van der Waals surface area contributed by atoms with Crippen molar-refractivity contribution in [3.63, 3.8) is 0 Å². The van der Waals surface area contributed by atoms with Crippen LogP contribution < -0.4 is 0 Å². The van der Waals surface area contributed by atoms with Crippen molar-refractivity contribution >= 4 is 5.91 Å². The molecule has 1 atom stereocenters. The Bertz CT molecular complexity index is 385. The van der Waals surface area contributed by atoms with Gasteiger partial charge in [0.1, 0.15) is 6.26 Å². The van der Waals surface area contributed by atoms with E-state index in [2.05, 4.69) is 0 Å². The molecule has 0 spiro atoms. The van der Waals surface area contributed by atoms with Crippen LogP contribution >= 0.6 is 0 Å². The summed E-state index contributed by atoms with van der Waals surface area (Å²) < 4.78 is 10.6. The summed E-state index contributed by atoms with van der Waals surface area (Å²) in [4.78, 5) is 13.8. The predicted octanol–water partition coefficient (Wildman–Crippen LogP) is 0.891. The predicted molar refractivity (Wildman–Crippen MR) is 60.6 cm³/mol. The Hall–Kier alpha value is -1.33. The number of ether oxygens (including phenoxy) is 1. The smallest absolute Gasteiger partial charge is 0.257 e.